The van der Waals surface area contributed by atoms with E-state index < -0.39 is 31.6 Å². The van der Waals surface area contributed by atoms with E-state index in [9.17, 15) is 26.0 Å². The van der Waals surface area contributed by atoms with Gasteiger partial charge >= 0.3 is 0 Å². The predicted molar refractivity (Wildman–Crippen MR) is 121 cm³/mol. The summed E-state index contributed by atoms with van der Waals surface area (Å²) in [5.74, 6) is -1.54. The van der Waals surface area contributed by atoms with Crippen LogP contribution < -0.4 is 9.62 Å². The van der Waals surface area contributed by atoms with E-state index in [0.717, 1.165) is 22.7 Å². The first-order valence-electron chi connectivity index (χ1n) is 9.33. The molecule has 3 aromatic carbocycles. The number of carbonyl (C=O) groups excluding carboxylic acids is 1. The van der Waals surface area contributed by atoms with Crippen LogP contribution in [-0.4, -0.2) is 36.0 Å². The molecule has 0 atom stereocenters. The van der Waals surface area contributed by atoms with Crippen LogP contribution >= 0.6 is 0 Å². The van der Waals surface area contributed by atoms with Crippen LogP contribution in [0.25, 0.3) is 0 Å². The molecule has 0 aliphatic heterocycles. The fourth-order valence-corrected chi connectivity index (χ4v) is 4.75. The van der Waals surface area contributed by atoms with Crippen LogP contribution in [0.5, 0.6) is 0 Å². The molecule has 0 radical (unpaired) electrons. The lowest BCUT2D eigenvalue weighted by atomic mass is 10.2. The topological polar surface area (TPSA) is 124 Å². The molecule has 0 aromatic heterocycles. The normalized spacial score (nSPS) is 11.5. The molecule has 0 fully saturated rings. The van der Waals surface area contributed by atoms with Gasteiger partial charge in [-0.15, -0.1) is 0 Å². The highest BCUT2D eigenvalue weighted by Gasteiger charge is 2.23. The monoisotopic (exact) mass is 487 g/mol. The molecule has 1 N–H and O–H groups in total. The molecule has 11 heteroatoms. The highest BCUT2D eigenvalue weighted by Crippen LogP contribution is 2.25. The average molecular weight is 488 g/mol. The fraction of sp³-hybridized carbons (Fsp3) is 0.0909. The Morgan fingerprint density at radius 3 is 2.21 bits per heavy atom. The minimum Gasteiger partial charge on any atom is -0.319 e. The second-order valence-corrected chi connectivity index (χ2v) is 11.0. The summed E-state index contributed by atoms with van der Waals surface area (Å²) < 4.78 is 64.4. The Morgan fingerprint density at radius 1 is 0.970 bits per heavy atom. The van der Waals surface area contributed by atoms with Crippen LogP contribution in [0, 0.1) is 17.1 Å². The number of halogens is 1. The third kappa shape index (κ3) is 5.19. The van der Waals surface area contributed by atoms with Crippen molar-refractivity contribution in [3.05, 3.63) is 83.7 Å². The number of nitrogens with zero attached hydrogens (tertiary/aromatic N) is 2. The van der Waals surface area contributed by atoms with Crippen LogP contribution in [0.4, 0.5) is 15.8 Å². The minimum absolute atomic E-state index is 0.0272. The lowest BCUT2D eigenvalue weighted by Crippen LogP contribution is -2.27. The van der Waals surface area contributed by atoms with E-state index in [1.807, 2.05) is 0 Å². The molecule has 3 rings (SSSR count). The summed E-state index contributed by atoms with van der Waals surface area (Å²) in [5.41, 5.74) is 0.124. The van der Waals surface area contributed by atoms with Gasteiger partial charge in [0.25, 0.3) is 15.9 Å². The molecule has 0 unspecified atom stereocenters. The van der Waals surface area contributed by atoms with Crippen LogP contribution in [0.15, 0.2) is 76.5 Å². The van der Waals surface area contributed by atoms with E-state index in [4.69, 9.17) is 5.26 Å². The number of sulfone groups is 1. The van der Waals surface area contributed by atoms with Gasteiger partial charge in [-0.25, -0.2) is 21.2 Å². The number of anilines is 2. The summed E-state index contributed by atoms with van der Waals surface area (Å²) in [6, 6.07) is 15.8. The maximum absolute atomic E-state index is 14.1. The number of rotatable bonds is 6. The van der Waals surface area contributed by atoms with E-state index >= 15 is 0 Å². The largest absolute Gasteiger partial charge is 0.319 e. The predicted octanol–water partition coefficient (Wildman–Crippen LogP) is 3.18. The van der Waals surface area contributed by atoms with Crippen molar-refractivity contribution in [1.82, 2.24) is 0 Å². The van der Waals surface area contributed by atoms with Crippen molar-refractivity contribution < 1.29 is 26.0 Å². The zero-order valence-electron chi connectivity index (χ0n) is 17.5. The SMILES string of the molecule is CN(c1ccc(S(C)(=O)=O)cc1)S(=O)(=O)c1cccc(C(=O)Nc2ccc(C#N)cc2F)c1. The number of sulfonamides is 1. The Morgan fingerprint density at radius 2 is 1.64 bits per heavy atom. The number of hydrogen-bond acceptors (Lipinski definition) is 6. The van der Waals surface area contributed by atoms with Crippen LogP contribution in [0.2, 0.25) is 0 Å². The Bertz CT molecular complexity index is 1480. The summed E-state index contributed by atoms with van der Waals surface area (Å²) in [6.45, 7) is 0. The number of amides is 1. The summed E-state index contributed by atoms with van der Waals surface area (Å²) in [7, 11) is -6.23. The smallest absolute Gasteiger partial charge is 0.264 e. The van der Waals surface area contributed by atoms with Gasteiger partial charge in [-0.3, -0.25) is 9.10 Å². The van der Waals surface area contributed by atoms with Crippen molar-refractivity contribution in [2.24, 2.45) is 0 Å². The van der Waals surface area contributed by atoms with E-state index in [2.05, 4.69) is 5.32 Å². The van der Waals surface area contributed by atoms with Gasteiger partial charge in [-0.2, -0.15) is 5.26 Å². The summed E-state index contributed by atoms with van der Waals surface area (Å²) >= 11 is 0. The molecule has 33 heavy (non-hydrogen) atoms. The third-order valence-corrected chi connectivity index (χ3v) is 7.64. The lowest BCUT2D eigenvalue weighted by Gasteiger charge is -2.20. The molecule has 3 aromatic rings. The second-order valence-electron chi connectivity index (χ2n) is 7.03. The molecule has 1 amide bonds. The summed E-state index contributed by atoms with van der Waals surface area (Å²) in [4.78, 5) is 12.4. The molecule has 170 valence electrons. The zero-order valence-corrected chi connectivity index (χ0v) is 19.1. The first-order valence-corrected chi connectivity index (χ1v) is 12.7. The summed E-state index contributed by atoms with van der Waals surface area (Å²) in [5, 5.41) is 11.2. The molecular formula is C22H18FN3O5S2. The molecule has 0 saturated carbocycles. The fourth-order valence-electron chi connectivity index (χ4n) is 2.88. The number of benzene rings is 3. The van der Waals surface area contributed by atoms with Crippen molar-refractivity contribution in [2.45, 2.75) is 9.79 Å². The number of hydrogen-bond donors (Lipinski definition) is 1. The standard InChI is InChI=1S/C22H18FN3O5S2/c1-26(17-7-9-18(10-8-17)32(2,28)29)33(30,31)19-5-3-4-16(13-19)22(27)25-21-11-6-15(14-24)12-20(21)23/h3-13H,1-2H3,(H,25,27). The lowest BCUT2D eigenvalue weighted by molar-refractivity contribution is 0.102. The van der Waals surface area contributed by atoms with Gasteiger partial charge < -0.3 is 5.32 Å². The quantitative estimate of drug-likeness (QED) is 0.569. The zero-order chi connectivity index (χ0) is 24.4. The summed E-state index contributed by atoms with van der Waals surface area (Å²) in [6.07, 6.45) is 1.04. The van der Waals surface area contributed by atoms with E-state index in [0.29, 0.717) is 0 Å². The molecular weight excluding hydrogens is 469 g/mol. The molecule has 0 saturated heterocycles. The molecule has 0 bridgehead atoms. The highest BCUT2D eigenvalue weighted by atomic mass is 32.2. The maximum Gasteiger partial charge on any atom is 0.264 e. The van der Waals surface area contributed by atoms with Crippen molar-refractivity contribution in [1.29, 1.82) is 5.26 Å². The van der Waals surface area contributed by atoms with Gasteiger partial charge in [0, 0.05) is 18.9 Å². The Balaban J connectivity index is 1.87. The first-order chi connectivity index (χ1) is 15.4. The van der Waals surface area contributed by atoms with Crippen LogP contribution in [0.3, 0.4) is 0 Å². The van der Waals surface area contributed by atoms with E-state index in [1.54, 1.807) is 6.07 Å². The Kier molecular flexibility index (Phi) is 6.53. The van der Waals surface area contributed by atoms with Gasteiger partial charge in [-0.05, 0) is 60.7 Å². The average Bonchev–Trinajstić information content (AvgIpc) is 2.79. The number of nitriles is 1. The molecule has 0 aliphatic carbocycles. The molecule has 0 aliphatic rings. The maximum atomic E-state index is 14.1. The van der Waals surface area contributed by atoms with Gasteiger partial charge in [0.2, 0.25) is 0 Å². The molecule has 8 nitrogen and oxygen atoms in total. The highest BCUT2D eigenvalue weighted by molar-refractivity contribution is 7.92. The second kappa shape index (κ2) is 9.01. The first kappa shape index (κ1) is 23.9. The van der Waals surface area contributed by atoms with Gasteiger partial charge in [0.05, 0.1) is 32.8 Å². The van der Waals surface area contributed by atoms with Gasteiger partial charge in [0.1, 0.15) is 5.82 Å². The van der Waals surface area contributed by atoms with Crippen molar-refractivity contribution >= 4 is 37.1 Å². The van der Waals surface area contributed by atoms with Crippen molar-refractivity contribution in [2.75, 3.05) is 22.9 Å². The Labute approximate surface area is 190 Å². The van der Waals surface area contributed by atoms with E-state index in [1.165, 1.54) is 61.6 Å². The number of carbonyl (C=O) groups is 1. The minimum atomic E-state index is -4.09. The molecule has 0 spiro atoms. The van der Waals surface area contributed by atoms with Crippen molar-refractivity contribution in [3.63, 3.8) is 0 Å². The molecule has 0 heterocycles. The van der Waals surface area contributed by atoms with Crippen LogP contribution in [0.1, 0.15) is 15.9 Å². The van der Waals surface area contributed by atoms with Gasteiger partial charge in [-0.1, -0.05) is 6.07 Å². The number of nitrogens with one attached hydrogen (secondary N) is 1. The Hall–Kier alpha value is -3.75. The third-order valence-electron chi connectivity index (χ3n) is 4.73. The van der Waals surface area contributed by atoms with Crippen LogP contribution in [-0.2, 0) is 19.9 Å². The van der Waals surface area contributed by atoms with E-state index in [-0.39, 0.29) is 32.3 Å². The van der Waals surface area contributed by atoms with Gasteiger partial charge in [0.15, 0.2) is 9.84 Å². The van der Waals surface area contributed by atoms with Crippen molar-refractivity contribution in [3.8, 4) is 6.07 Å².